The molecule has 1 unspecified atom stereocenters. The molecule has 2 heterocycles. The molecule has 0 aliphatic heterocycles. The summed E-state index contributed by atoms with van der Waals surface area (Å²) < 4.78 is 0.680. The molecule has 0 radical (unpaired) electrons. The number of thiophene rings is 2. The van der Waals surface area contributed by atoms with Crippen LogP contribution in [0.3, 0.4) is 0 Å². The zero-order valence-corrected chi connectivity index (χ0v) is 16.1. The summed E-state index contributed by atoms with van der Waals surface area (Å²) in [5.74, 6) is 0.667. The van der Waals surface area contributed by atoms with Crippen LogP contribution < -0.4 is 10.6 Å². The van der Waals surface area contributed by atoms with Gasteiger partial charge in [0, 0.05) is 23.3 Å². The highest BCUT2D eigenvalue weighted by Gasteiger charge is 2.10. The number of nitrogens with zero attached hydrogens (tertiary/aromatic N) is 1. The fourth-order valence-corrected chi connectivity index (χ4v) is 3.30. The van der Waals surface area contributed by atoms with Crippen molar-refractivity contribution in [2.45, 2.75) is 12.6 Å². The largest absolute Gasteiger partial charge is 0.386 e. The molecule has 0 spiro atoms. The third kappa shape index (κ3) is 6.11. The van der Waals surface area contributed by atoms with Gasteiger partial charge in [-0.2, -0.15) is 0 Å². The van der Waals surface area contributed by atoms with E-state index in [2.05, 4.69) is 21.7 Å². The van der Waals surface area contributed by atoms with Gasteiger partial charge >= 0.3 is 0 Å². The summed E-state index contributed by atoms with van der Waals surface area (Å²) >= 11 is 8.93. The number of rotatable bonds is 5. The Kier molecular flexibility index (Phi) is 8.57. The van der Waals surface area contributed by atoms with Crippen molar-refractivity contribution in [1.29, 1.82) is 0 Å². The summed E-state index contributed by atoms with van der Waals surface area (Å²) in [4.78, 5) is 6.20. The molecule has 1 atom stereocenters. The first-order valence-electron chi connectivity index (χ1n) is 6.09. The van der Waals surface area contributed by atoms with Gasteiger partial charge in [0.1, 0.15) is 6.10 Å². The Hall–Kier alpha value is -0.350. The fraction of sp³-hybridized carbons (Fsp3) is 0.308. The van der Waals surface area contributed by atoms with Crippen LogP contribution >= 0.6 is 58.3 Å². The van der Waals surface area contributed by atoms with E-state index in [-0.39, 0.29) is 24.0 Å². The Morgan fingerprint density at radius 1 is 1.38 bits per heavy atom. The van der Waals surface area contributed by atoms with Crippen LogP contribution in [0.25, 0.3) is 0 Å². The first-order valence-corrected chi connectivity index (χ1v) is 8.16. The van der Waals surface area contributed by atoms with Crippen LogP contribution in [0.5, 0.6) is 0 Å². The topological polar surface area (TPSA) is 56.7 Å². The van der Waals surface area contributed by atoms with Crippen molar-refractivity contribution in [3.8, 4) is 0 Å². The average molecular weight is 458 g/mol. The van der Waals surface area contributed by atoms with Gasteiger partial charge in [0.25, 0.3) is 0 Å². The van der Waals surface area contributed by atoms with Crippen molar-refractivity contribution in [2.24, 2.45) is 4.99 Å². The third-order valence-corrected chi connectivity index (χ3v) is 4.83. The van der Waals surface area contributed by atoms with Crippen LogP contribution in [0.15, 0.2) is 34.6 Å². The standard InChI is InChI=1S/C13H16ClN3OS2.HI/c1-15-13(16-7-9-3-2-6-19-9)17-8-10(18)11-4-5-12(14)20-11;/h2-6,10,18H,7-8H2,1H3,(H2,15,16,17);1H. The van der Waals surface area contributed by atoms with Crippen LogP contribution in [-0.2, 0) is 6.54 Å². The number of aliphatic imine (C=N–C) groups is 1. The molecule has 0 aromatic carbocycles. The second-order valence-electron chi connectivity index (χ2n) is 4.04. The van der Waals surface area contributed by atoms with Gasteiger partial charge in [-0.05, 0) is 23.6 Å². The molecular formula is C13H17ClIN3OS2. The monoisotopic (exact) mass is 457 g/mol. The van der Waals surface area contributed by atoms with E-state index in [0.717, 1.165) is 11.4 Å². The van der Waals surface area contributed by atoms with Crippen LogP contribution in [0.2, 0.25) is 4.34 Å². The van der Waals surface area contributed by atoms with Crippen molar-refractivity contribution in [3.05, 3.63) is 43.7 Å². The second kappa shape index (κ2) is 9.62. The predicted octanol–water partition coefficient (Wildman–Crippen LogP) is 3.48. The van der Waals surface area contributed by atoms with Crippen LogP contribution in [0, 0.1) is 0 Å². The lowest BCUT2D eigenvalue weighted by atomic mass is 10.3. The maximum Gasteiger partial charge on any atom is 0.191 e. The molecule has 3 N–H and O–H groups in total. The number of halogens is 2. The predicted molar refractivity (Wildman–Crippen MR) is 102 cm³/mol. The molecule has 0 aliphatic rings. The van der Waals surface area contributed by atoms with Crippen LogP contribution in [-0.4, -0.2) is 24.7 Å². The summed E-state index contributed by atoms with van der Waals surface area (Å²) in [5.41, 5.74) is 0. The number of guanidine groups is 1. The molecule has 0 amide bonds. The molecular weight excluding hydrogens is 441 g/mol. The Morgan fingerprint density at radius 2 is 2.19 bits per heavy atom. The molecule has 2 rings (SSSR count). The van der Waals surface area contributed by atoms with Crippen molar-refractivity contribution in [1.82, 2.24) is 10.6 Å². The smallest absolute Gasteiger partial charge is 0.191 e. The van der Waals surface area contributed by atoms with E-state index in [1.54, 1.807) is 24.5 Å². The summed E-state index contributed by atoms with van der Waals surface area (Å²) in [6, 6.07) is 7.70. The lowest BCUT2D eigenvalue weighted by molar-refractivity contribution is 0.184. The number of aliphatic hydroxyl groups excluding tert-OH is 1. The summed E-state index contributed by atoms with van der Waals surface area (Å²) in [6.45, 7) is 1.11. The zero-order chi connectivity index (χ0) is 14.4. The van der Waals surface area contributed by atoms with E-state index in [9.17, 15) is 5.11 Å². The third-order valence-electron chi connectivity index (χ3n) is 2.62. The lowest BCUT2D eigenvalue weighted by Crippen LogP contribution is -2.38. The van der Waals surface area contributed by atoms with Gasteiger partial charge in [0.05, 0.1) is 10.9 Å². The Balaban J connectivity index is 0.00000220. The van der Waals surface area contributed by atoms with Gasteiger partial charge in [0.15, 0.2) is 5.96 Å². The van der Waals surface area contributed by atoms with E-state index in [1.165, 1.54) is 16.2 Å². The molecule has 0 bridgehead atoms. The van der Waals surface area contributed by atoms with Crippen molar-refractivity contribution in [2.75, 3.05) is 13.6 Å². The van der Waals surface area contributed by atoms with Crippen molar-refractivity contribution < 1.29 is 5.11 Å². The number of hydrogen-bond acceptors (Lipinski definition) is 4. The molecule has 4 nitrogen and oxygen atoms in total. The first kappa shape index (κ1) is 18.7. The molecule has 21 heavy (non-hydrogen) atoms. The number of hydrogen-bond donors (Lipinski definition) is 3. The second-order valence-corrected chi connectivity index (χ2v) is 6.82. The molecule has 0 aliphatic carbocycles. The van der Waals surface area contributed by atoms with Crippen LogP contribution in [0.1, 0.15) is 15.9 Å². The van der Waals surface area contributed by atoms with E-state index in [0.29, 0.717) is 16.8 Å². The Labute approximate surface area is 154 Å². The van der Waals surface area contributed by atoms with Crippen LogP contribution in [0.4, 0.5) is 0 Å². The average Bonchev–Trinajstić information content (AvgIpc) is 3.10. The van der Waals surface area contributed by atoms with Gasteiger partial charge in [-0.3, -0.25) is 4.99 Å². The summed E-state index contributed by atoms with van der Waals surface area (Å²) in [5, 5.41) is 18.4. The SMILES string of the molecule is CN=C(NCc1cccs1)NCC(O)c1ccc(Cl)s1.I. The van der Waals surface area contributed by atoms with E-state index in [1.807, 2.05) is 17.5 Å². The van der Waals surface area contributed by atoms with Gasteiger partial charge in [-0.25, -0.2) is 0 Å². The molecule has 2 aromatic heterocycles. The quantitative estimate of drug-likeness (QED) is 0.366. The van der Waals surface area contributed by atoms with Crippen molar-refractivity contribution >= 4 is 64.2 Å². The molecule has 0 saturated carbocycles. The first-order chi connectivity index (χ1) is 9.69. The van der Waals surface area contributed by atoms with Gasteiger partial charge in [0.2, 0.25) is 0 Å². The molecule has 8 heteroatoms. The zero-order valence-electron chi connectivity index (χ0n) is 11.4. The highest BCUT2D eigenvalue weighted by Crippen LogP contribution is 2.26. The van der Waals surface area contributed by atoms with E-state index < -0.39 is 6.10 Å². The number of aliphatic hydroxyl groups is 1. The summed E-state index contributed by atoms with van der Waals surface area (Å²) in [7, 11) is 1.71. The molecule has 2 aromatic rings. The lowest BCUT2D eigenvalue weighted by Gasteiger charge is -2.14. The van der Waals surface area contributed by atoms with Gasteiger partial charge in [-0.15, -0.1) is 46.7 Å². The Morgan fingerprint density at radius 3 is 2.76 bits per heavy atom. The highest BCUT2D eigenvalue weighted by atomic mass is 127. The number of nitrogens with one attached hydrogen (secondary N) is 2. The van der Waals surface area contributed by atoms with E-state index >= 15 is 0 Å². The maximum absolute atomic E-state index is 10.0. The fourth-order valence-electron chi connectivity index (χ4n) is 1.61. The van der Waals surface area contributed by atoms with Crippen molar-refractivity contribution in [3.63, 3.8) is 0 Å². The molecule has 0 saturated heterocycles. The highest BCUT2D eigenvalue weighted by molar-refractivity contribution is 14.0. The van der Waals surface area contributed by atoms with Gasteiger partial charge in [-0.1, -0.05) is 17.7 Å². The normalized spacial score (nSPS) is 12.6. The Bertz CT molecular complexity index is 560. The minimum atomic E-state index is -0.590. The summed E-state index contributed by atoms with van der Waals surface area (Å²) in [6.07, 6.45) is -0.590. The van der Waals surface area contributed by atoms with Gasteiger partial charge < -0.3 is 15.7 Å². The minimum Gasteiger partial charge on any atom is -0.386 e. The minimum absolute atomic E-state index is 0. The maximum atomic E-state index is 10.0. The molecule has 116 valence electrons. The van der Waals surface area contributed by atoms with E-state index in [4.69, 9.17) is 11.6 Å². The molecule has 0 fully saturated rings.